The van der Waals surface area contributed by atoms with Crippen LogP contribution in [0, 0.1) is 5.41 Å². The van der Waals surface area contributed by atoms with Gasteiger partial charge in [-0.3, -0.25) is 0 Å². The predicted octanol–water partition coefficient (Wildman–Crippen LogP) is 4.19. The van der Waals surface area contributed by atoms with E-state index in [-0.39, 0.29) is 17.8 Å². The van der Waals surface area contributed by atoms with Crippen molar-refractivity contribution >= 4 is 22.0 Å². The number of alkyl halides is 1. The number of nitrogens with zero attached hydrogens (tertiary/aromatic N) is 1. The van der Waals surface area contributed by atoms with Gasteiger partial charge in [0.15, 0.2) is 6.29 Å². The molecule has 1 saturated heterocycles. The molecule has 0 aromatic carbocycles. The SMILES string of the molecule is CCOC(OC)C1(CCCBr)CCN(C(=O)OC(C)(C)C)CC1. The smallest absolute Gasteiger partial charge is 0.410 e. The van der Waals surface area contributed by atoms with Crippen molar-refractivity contribution in [3.63, 3.8) is 0 Å². The molecule has 1 unspecified atom stereocenters. The fraction of sp³-hybridized carbons (Fsp3) is 0.941. The molecular weight excluding hydrogens is 362 g/mol. The summed E-state index contributed by atoms with van der Waals surface area (Å²) in [4.78, 5) is 14.0. The summed E-state index contributed by atoms with van der Waals surface area (Å²) in [5.74, 6) is 0. The molecule has 0 N–H and O–H groups in total. The number of hydrogen-bond acceptors (Lipinski definition) is 4. The van der Waals surface area contributed by atoms with Crippen molar-refractivity contribution in [2.75, 3.05) is 32.1 Å². The van der Waals surface area contributed by atoms with E-state index < -0.39 is 5.60 Å². The second-order valence-corrected chi connectivity index (χ2v) is 7.94. The van der Waals surface area contributed by atoms with Gasteiger partial charge in [-0.05, 0) is 53.4 Å². The first-order valence-corrected chi connectivity index (χ1v) is 9.58. The molecule has 0 aromatic rings. The van der Waals surface area contributed by atoms with Crippen molar-refractivity contribution in [3.05, 3.63) is 0 Å². The topological polar surface area (TPSA) is 48.0 Å². The van der Waals surface area contributed by atoms with E-state index in [0.29, 0.717) is 19.7 Å². The molecule has 6 heteroatoms. The van der Waals surface area contributed by atoms with E-state index in [1.165, 1.54) is 0 Å². The number of hydrogen-bond donors (Lipinski definition) is 0. The number of rotatable bonds is 7. The van der Waals surface area contributed by atoms with Crippen LogP contribution >= 0.6 is 15.9 Å². The zero-order valence-corrected chi connectivity index (χ0v) is 16.8. The van der Waals surface area contributed by atoms with Gasteiger partial charge < -0.3 is 19.1 Å². The van der Waals surface area contributed by atoms with Crippen LogP contribution in [0.25, 0.3) is 0 Å². The summed E-state index contributed by atoms with van der Waals surface area (Å²) in [5, 5.41) is 0.965. The number of likely N-dealkylation sites (tertiary alicyclic amines) is 1. The van der Waals surface area contributed by atoms with Gasteiger partial charge in [0.2, 0.25) is 0 Å². The number of amides is 1. The number of ether oxygens (including phenoxy) is 3. The molecule has 1 fully saturated rings. The van der Waals surface area contributed by atoms with Crippen molar-refractivity contribution in [3.8, 4) is 0 Å². The van der Waals surface area contributed by atoms with E-state index in [2.05, 4.69) is 15.9 Å². The fourth-order valence-electron chi connectivity index (χ4n) is 3.13. The molecule has 0 bridgehead atoms. The third-order valence-corrected chi connectivity index (χ3v) is 4.81. The minimum atomic E-state index is -0.456. The molecule has 5 nitrogen and oxygen atoms in total. The molecule has 1 heterocycles. The second-order valence-electron chi connectivity index (χ2n) is 7.15. The van der Waals surface area contributed by atoms with Crippen LogP contribution in [0.2, 0.25) is 0 Å². The first-order chi connectivity index (χ1) is 10.8. The molecule has 0 spiro atoms. The van der Waals surface area contributed by atoms with Crippen LogP contribution in [0.3, 0.4) is 0 Å². The van der Waals surface area contributed by atoms with Crippen molar-refractivity contribution in [1.29, 1.82) is 0 Å². The van der Waals surface area contributed by atoms with E-state index in [4.69, 9.17) is 14.2 Å². The van der Waals surface area contributed by atoms with Crippen LogP contribution in [0.15, 0.2) is 0 Å². The Labute approximate surface area is 149 Å². The first kappa shape index (κ1) is 20.7. The molecule has 0 radical (unpaired) electrons. The van der Waals surface area contributed by atoms with E-state index in [1.807, 2.05) is 27.7 Å². The molecule has 1 aliphatic heterocycles. The highest BCUT2D eigenvalue weighted by atomic mass is 79.9. The maximum atomic E-state index is 12.2. The lowest BCUT2D eigenvalue weighted by Gasteiger charge is -2.45. The molecule has 136 valence electrons. The Kier molecular flexibility index (Phi) is 8.31. The van der Waals surface area contributed by atoms with Crippen LogP contribution in [0.1, 0.15) is 53.4 Å². The molecule has 1 atom stereocenters. The molecule has 0 aliphatic carbocycles. The number of carbonyl (C=O) groups is 1. The van der Waals surface area contributed by atoms with E-state index in [9.17, 15) is 4.79 Å². The summed E-state index contributed by atoms with van der Waals surface area (Å²) in [7, 11) is 1.70. The Morgan fingerprint density at radius 1 is 1.30 bits per heavy atom. The summed E-state index contributed by atoms with van der Waals surface area (Å²) in [6, 6.07) is 0. The summed E-state index contributed by atoms with van der Waals surface area (Å²) in [6.07, 6.45) is 3.40. The summed E-state index contributed by atoms with van der Waals surface area (Å²) in [6.45, 7) is 9.67. The number of methoxy groups -OCH3 is 1. The summed E-state index contributed by atoms with van der Waals surface area (Å²) >= 11 is 3.51. The van der Waals surface area contributed by atoms with Gasteiger partial charge in [0.1, 0.15) is 5.60 Å². The van der Waals surface area contributed by atoms with Gasteiger partial charge in [-0.15, -0.1) is 0 Å². The summed E-state index contributed by atoms with van der Waals surface area (Å²) in [5.41, 5.74) is -0.487. The maximum absolute atomic E-state index is 12.2. The van der Waals surface area contributed by atoms with Crippen molar-refractivity contribution < 1.29 is 19.0 Å². The summed E-state index contributed by atoms with van der Waals surface area (Å²) < 4.78 is 16.9. The first-order valence-electron chi connectivity index (χ1n) is 8.46. The zero-order valence-electron chi connectivity index (χ0n) is 15.2. The third kappa shape index (κ3) is 6.24. The van der Waals surface area contributed by atoms with Crippen molar-refractivity contribution in [1.82, 2.24) is 4.90 Å². The molecule has 0 saturated carbocycles. The van der Waals surface area contributed by atoms with Crippen LogP contribution in [0.5, 0.6) is 0 Å². The van der Waals surface area contributed by atoms with Gasteiger partial charge in [0.25, 0.3) is 0 Å². The normalized spacial score (nSPS) is 19.5. The monoisotopic (exact) mass is 393 g/mol. The number of piperidine rings is 1. The molecule has 23 heavy (non-hydrogen) atoms. The highest BCUT2D eigenvalue weighted by Crippen LogP contribution is 2.41. The molecule has 0 aromatic heterocycles. The van der Waals surface area contributed by atoms with E-state index in [1.54, 1.807) is 12.0 Å². The van der Waals surface area contributed by atoms with Crippen LogP contribution in [-0.4, -0.2) is 55.0 Å². The molecular formula is C17H32BrNO4. The Morgan fingerprint density at radius 3 is 2.35 bits per heavy atom. The lowest BCUT2D eigenvalue weighted by molar-refractivity contribution is -0.206. The third-order valence-electron chi connectivity index (χ3n) is 4.25. The quantitative estimate of drug-likeness (QED) is 0.480. The standard InChI is InChI=1S/C17H32BrNO4/c1-6-22-14(21-5)17(8-7-11-18)9-12-19(13-10-17)15(20)23-16(2,3)4/h14H,6-13H2,1-5H3. The van der Waals surface area contributed by atoms with Crippen molar-refractivity contribution in [2.24, 2.45) is 5.41 Å². The maximum Gasteiger partial charge on any atom is 0.410 e. The lowest BCUT2D eigenvalue weighted by atomic mass is 9.74. The van der Waals surface area contributed by atoms with Crippen LogP contribution in [0.4, 0.5) is 4.79 Å². The van der Waals surface area contributed by atoms with Gasteiger partial charge in [0.05, 0.1) is 0 Å². The molecule has 1 amide bonds. The number of halogens is 1. The fourth-order valence-corrected chi connectivity index (χ4v) is 3.41. The average Bonchev–Trinajstić information content (AvgIpc) is 2.49. The molecule has 1 aliphatic rings. The second kappa shape index (κ2) is 9.23. The Hall–Kier alpha value is -0.330. The lowest BCUT2D eigenvalue weighted by Crippen LogP contribution is -2.50. The minimum absolute atomic E-state index is 0.0307. The van der Waals surface area contributed by atoms with Gasteiger partial charge >= 0.3 is 6.09 Å². The Bertz CT molecular complexity index is 362. The largest absolute Gasteiger partial charge is 0.444 e. The Morgan fingerprint density at radius 2 is 1.91 bits per heavy atom. The highest BCUT2D eigenvalue weighted by molar-refractivity contribution is 9.09. The van der Waals surface area contributed by atoms with Crippen molar-refractivity contribution in [2.45, 2.75) is 65.3 Å². The van der Waals surface area contributed by atoms with E-state index in [0.717, 1.165) is 31.0 Å². The minimum Gasteiger partial charge on any atom is -0.444 e. The van der Waals surface area contributed by atoms with Gasteiger partial charge in [-0.2, -0.15) is 0 Å². The Balaban J connectivity index is 2.73. The van der Waals surface area contributed by atoms with Gasteiger partial charge in [-0.25, -0.2) is 4.79 Å². The van der Waals surface area contributed by atoms with Gasteiger partial charge in [0, 0.05) is 37.6 Å². The molecule has 1 rings (SSSR count). The number of carbonyl (C=O) groups excluding carboxylic acids is 1. The van der Waals surface area contributed by atoms with Gasteiger partial charge in [-0.1, -0.05) is 15.9 Å². The highest BCUT2D eigenvalue weighted by Gasteiger charge is 2.43. The van der Waals surface area contributed by atoms with Crippen LogP contribution in [-0.2, 0) is 14.2 Å². The zero-order chi connectivity index (χ0) is 17.5. The van der Waals surface area contributed by atoms with E-state index >= 15 is 0 Å². The van der Waals surface area contributed by atoms with Crippen LogP contribution < -0.4 is 0 Å². The average molecular weight is 394 g/mol. The predicted molar refractivity (Wildman–Crippen MR) is 94.9 cm³/mol.